The van der Waals surface area contributed by atoms with Crippen molar-refractivity contribution in [1.29, 1.82) is 0 Å². The van der Waals surface area contributed by atoms with Crippen LogP contribution in [-0.2, 0) is 10.8 Å². The summed E-state index contributed by atoms with van der Waals surface area (Å²) in [5.74, 6) is 0.464. The molecule has 17 heavy (non-hydrogen) atoms. The summed E-state index contributed by atoms with van der Waals surface area (Å²) in [5, 5.41) is 10.4. The summed E-state index contributed by atoms with van der Waals surface area (Å²) < 4.78 is 0. The molecule has 0 aliphatic rings. The third kappa shape index (κ3) is 4.19. The van der Waals surface area contributed by atoms with Crippen LogP contribution in [0.3, 0.4) is 0 Å². The first kappa shape index (κ1) is 17.3. The molecule has 0 aliphatic carbocycles. The Morgan fingerprint density at radius 1 is 0.824 bits per heavy atom. The van der Waals surface area contributed by atoms with Crippen LogP contribution in [0.25, 0.3) is 0 Å². The van der Waals surface area contributed by atoms with Gasteiger partial charge in [0, 0.05) is 39.9 Å². The van der Waals surface area contributed by atoms with Gasteiger partial charge in [-0.15, -0.1) is 0 Å². The molecule has 0 saturated heterocycles. The van der Waals surface area contributed by atoms with Crippen LogP contribution in [0.2, 0.25) is 0 Å². The monoisotopic (exact) mass is 378 g/mol. The molecule has 0 aromatic heterocycles. The van der Waals surface area contributed by atoms with Crippen molar-refractivity contribution >= 4 is 0 Å². The molecule has 1 nitrogen and oxygen atoms in total. The van der Waals surface area contributed by atoms with Gasteiger partial charge in [-0.3, -0.25) is 0 Å². The quantitative estimate of drug-likeness (QED) is 0.715. The third-order valence-electron chi connectivity index (χ3n) is 2.87. The molecule has 0 heterocycles. The first-order valence-corrected chi connectivity index (χ1v) is 5.88. The Labute approximate surface area is 138 Å². The SMILES string of the molecule is Cc1cc(C(C)(C)C)c(O)c(C(C)(C)C)c1.[Gd]. The van der Waals surface area contributed by atoms with Crippen LogP contribution in [-0.4, -0.2) is 5.11 Å². The minimum Gasteiger partial charge on any atom is -0.507 e. The molecule has 0 fully saturated rings. The molecule has 0 bridgehead atoms. The van der Waals surface area contributed by atoms with Crippen molar-refractivity contribution in [3.8, 4) is 5.75 Å². The second-order valence-corrected chi connectivity index (χ2v) is 6.71. The normalized spacial score (nSPS) is 12.2. The summed E-state index contributed by atoms with van der Waals surface area (Å²) >= 11 is 0. The molecule has 0 radical (unpaired) electrons. The van der Waals surface area contributed by atoms with Gasteiger partial charge in [0.05, 0.1) is 0 Å². The maximum absolute atomic E-state index is 10.4. The number of hydrogen-bond donors (Lipinski definition) is 1. The first-order valence-electron chi connectivity index (χ1n) is 5.88. The average Bonchev–Trinajstić information content (AvgIpc) is 2.04. The molecule has 0 saturated carbocycles. The maximum Gasteiger partial charge on any atom is 0.123 e. The van der Waals surface area contributed by atoms with Crippen molar-refractivity contribution in [3.05, 3.63) is 28.8 Å². The zero-order valence-corrected chi connectivity index (χ0v) is 14.2. The van der Waals surface area contributed by atoms with Gasteiger partial charge in [-0.05, 0) is 28.9 Å². The fourth-order valence-electron chi connectivity index (χ4n) is 1.92. The zero-order valence-electron chi connectivity index (χ0n) is 12.0. The Kier molecular flexibility index (Phi) is 5.66. The molecular weight excluding hydrogens is 353 g/mol. The van der Waals surface area contributed by atoms with E-state index >= 15 is 0 Å². The van der Waals surface area contributed by atoms with Gasteiger partial charge >= 0.3 is 0 Å². The standard InChI is InChI=1S/C15H24O.Gd/c1-10-8-11(14(2,3)4)13(16)12(9-10)15(5,6)7;/h8-9,16H,1-7H3;. The van der Waals surface area contributed by atoms with Crippen molar-refractivity contribution in [2.75, 3.05) is 0 Å². The minimum absolute atomic E-state index is 0. The van der Waals surface area contributed by atoms with E-state index in [0.29, 0.717) is 5.75 Å². The van der Waals surface area contributed by atoms with E-state index in [2.05, 4.69) is 60.6 Å². The van der Waals surface area contributed by atoms with Gasteiger partial charge in [0.25, 0.3) is 0 Å². The Balaban J connectivity index is 0.00000256. The van der Waals surface area contributed by atoms with E-state index in [1.54, 1.807) is 0 Å². The van der Waals surface area contributed by atoms with E-state index in [4.69, 9.17) is 0 Å². The van der Waals surface area contributed by atoms with E-state index in [1.807, 2.05) is 0 Å². The van der Waals surface area contributed by atoms with Crippen LogP contribution in [0.1, 0.15) is 58.2 Å². The van der Waals surface area contributed by atoms with Gasteiger partial charge in [-0.2, -0.15) is 0 Å². The second kappa shape index (κ2) is 5.55. The number of aromatic hydroxyl groups is 1. The van der Waals surface area contributed by atoms with Crippen molar-refractivity contribution in [1.82, 2.24) is 0 Å². The first-order chi connectivity index (χ1) is 7.03. The van der Waals surface area contributed by atoms with Crippen LogP contribution in [0.15, 0.2) is 12.1 Å². The predicted octanol–water partition coefficient (Wildman–Crippen LogP) is 4.30. The van der Waals surface area contributed by atoms with Crippen molar-refractivity contribution < 1.29 is 45.0 Å². The summed E-state index contributed by atoms with van der Waals surface area (Å²) in [6, 6.07) is 4.18. The molecule has 0 unspecified atom stereocenters. The number of phenols is 1. The fraction of sp³-hybridized carbons (Fsp3) is 0.600. The Bertz CT molecular complexity index is 359. The Morgan fingerprint density at radius 2 is 1.12 bits per heavy atom. The largest absolute Gasteiger partial charge is 0.507 e. The van der Waals surface area contributed by atoms with Crippen LogP contribution < -0.4 is 0 Å². The topological polar surface area (TPSA) is 20.2 Å². The number of benzene rings is 1. The molecule has 0 atom stereocenters. The molecule has 0 amide bonds. The zero-order chi connectivity index (χ0) is 12.7. The van der Waals surface area contributed by atoms with Crippen molar-refractivity contribution in [3.63, 3.8) is 0 Å². The second-order valence-electron chi connectivity index (χ2n) is 6.71. The van der Waals surface area contributed by atoms with Gasteiger partial charge in [-0.1, -0.05) is 59.2 Å². The van der Waals surface area contributed by atoms with Crippen LogP contribution in [0.5, 0.6) is 5.75 Å². The van der Waals surface area contributed by atoms with Crippen LogP contribution in [0, 0.1) is 46.9 Å². The van der Waals surface area contributed by atoms with E-state index in [1.165, 1.54) is 5.56 Å². The summed E-state index contributed by atoms with van der Waals surface area (Å²) in [5.41, 5.74) is 3.26. The molecule has 1 aromatic rings. The third-order valence-corrected chi connectivity index (χ3v) is 2.87. The summed E-state index contributed by atoms with van der Waals surface area (Å²) in [6.45, 7) is 14.9. The number of rotatable bonds is 0. The average molecular weight is 378 g/mol. The van der Waals surface area contributed by atoms with Crippen LogP contribution in [0.4, 0.5) is 0 Å². The summed E-state index contributed by atoms with van der Waals surface area (Å²) in [7, 11) is 0. The Morgan fingerprint density at radius 3 is 1.35 bits per heavy atom. The molecular formula is C15H24GdO. The number of phenolic OH excluding ortho intramolecular Hbond substituents is 1. The summed E-state index contributed by atoms with van der Waals surface area (Å²) in [4.78, 5) is 0. The fourth-order valence-corrected chi connectivity index (χ4v) is 1.92. The molecule has 0 spiro atoms. The molecule has 0 aliphatic heterocycles. The van der Waals surface area contributed by atoms with Gasteiger partial charge < -0.3 is 5.11 Å². The summed E-state index contributed by atoms with van der Waals surface area (Å²) in [6.07, 6.45) is 0. The van der Waals surface area contributed by atoms with E-state index in [0.717, 1.165) is 11.1 Å². The molecule has 1 aromatic carbocycles. The van der Waals surface area contributed by atoms with E-state index in [-0.39, 0.29) is 50.8 Å². The molecule has 98 valence electrons. The van der Waals surface area contributed by atoms with Crippen LogP contribution >= 0.6 is 0 Å². The molecule has 2 heteroatoms. The smallest absolute Gasteiger partial charge is 0.123 e. The van der Waals surface area contributed by atoms with Gasteiger partial charge in [0.2, 0.25) is 0 Å². The molecule has 1 N–H and O–H groups in total. The molecule has 1 rings (SSSR count). The van der Waals surface area contributed by atoms with Gasteiger partial charge in [-0.25, -0.2) is 0 Å². The maximum atomic E-state index is 10.4. The minimum atomic E-state index is -0.0178. The Hall–Kier alpha value is 0.345. The van der Waals surface area contributed by atoms with Crippen molar-refractivity contribution in [2.45, 2.75) is 59.3 Å². The van der Waals surface area contributed by atoms with Crippen molar-refractivity contribution in [2.24, 2.45) is 0 Å². The number of aryl methyl sites for hydroxylation is 1. The number of hydrogen-bond acceptors (Lipinski definition) is 1. The van der Waals surface area contributed by atoms with E-state index < -0.39 is 0 Å². The van der Waals surface area contributed by atoms with Gasteiger partial charge in [0.15, 0.2) is 0 Å². The van der Waals surface area contributed by atoms with Gasteiger partial charge in [0.1, 0.15) is 5.75 Å². The van der Waals surface area contributed by atoms with E-state index in [9.17, 15) is 5.11 Å². The predicted molar refractivity (Wildman–Crippen MR) is 70.2 cm³/mol.